The van der Waals surface area contributed by atoms with Gasteiger partial charge < -0.3 is 14.5 Å². The number of halogens is 3. The molecule has 2 aromatic carbocycles. The molecule has 244 valence electrons. The van der Waals surface area contributed by atoms with Crippen LogP contribution >= 0.6 is 34.8 Å². The van der Waals surface area contributed by atoms with Gasteiger partial charge in [-0.2, -0.15) is 0 Å². The molecular formula is C34H39Cl3N6O3. The summed E-state index contributed by atoms with van der Waals surface area (Å²) in [5.74, 6) is 0.347. The normalized spacial score (nSPS) is 27.7. The number of rotatable bonds is 5. The SMILES string of the molecule is C[C@@H]1CN(C(=O)C2CC(=O)N(C)C2c2ccc(Cl)c(Cl)c2)C[C@H](C)N1Cc1cn([C@@H]2CC3(CCCC3)Oc3ccc(Cl)cc32)nn1. The first kappa shape index (κ1) is 31.7. The van der Waals surface area contributed by atoms with E-state index in [9.17, 15) is 9.59 Å². The number of carbonyl (C=O) groups is 2. The quantitative estimate of drug-likeness (QED) is 0.303. The van der Waals surface area contributed by atoms with Crippen molar-refractivity contribution in [3.8, 4) is 5.75 Å². The molecule has 4 aliphatic rings. The van der Waals surface area contributed by atoms with Gasteiger partial charge in [0.05, 0.1) is 39.9 Å². The highest BCUT2D eigenvalue weighted by Crippen LogP contribution is 2.49. The van der Waals surface area contributed by atoms with Gasteiger partial charge in [0.25, 0.3) is 0 Å². The first-order chi connectivity index (χ1) is 22.0. The van der Waals surface area contributed by atoms with Crippen LogP contribution in [0.5, 0.6) is 5.75 Å². The predicted molar refractivity (Wildman–Crippen MR) is 177 cm³/mol. The lowest BCUT2D eigenvalue weighted by Gasteiger charge is -2.45. The molecule has 3 aliphatic heterocycles. The number of amides is 2. The van der Waals surface area contributed by atoms with Crippen LogP contribution in [-0.4, -0.2) is 79.3 Å². The highest BCUT2D eigenvalue weighted by atomic mass is 35.5. The number of hydrogen-bond donors (Lipinski definition) is 0. The molecule has 2 unspecified atom stereocenters. The first-order valence-corrected chi connectivity index (χ1v) is 17.3. The van der Waals surface area contributed by atoms with Gasteiger partial charge in [0, 0.05) is 62.2 Å². The molecular weight excluding hydrogens is 647 g/mol. The highest BCUT2D eigenvalue weighted by molar-refractivity contribution is 6.42. The molecule has 3 fully saturated rings. The van der Waals surface area contributed by atoms with Gasteiger partial charge >= 0.3 is 0 Å². The van der Waals surface area contributed by atoms with Crippen LogP contribution in [0.1, 0.15) is 81.3 Å². The molecule has 4 heterocycles. The standard InChI is InChI=1S/C34H39Cl3N6O3/c1-20-16-41(33(45)26-14-31(44)40(3)32(26)22-6-8-27(36)28(37)12-22)17-21(2)42(20)18-24-19-43(39-38-24)29-15-34(10-4-5-11-34)46-30-9-7-23(35)13-25(29)30/h6-9,12-13,19-21,26,29,32H,4-5,10-11,14-18H2,1-3H3/t20-,21+,26?,29-,32?/m1/s1. The van der Waals surface area contributed by atoms with Gasteiger partial charge in [-0.25, -0.2) is 4.68 Å². The molecule has 0 bridgehead atoms. The molecule has 1 spiro atoms. The summed E-state index contributed by atoms with van der Waals surface area (Å²) in [6, 6.07) is 11.0. The molecule has 2 amide bonds. The summed E-state index contributed by atoms with van der Waals surface area (Å²) >= 11 is 18.9. The van der Waals surface area contributed by atoms with Gasteiger partial charge in [-0.3, -0.25) is 14.5 Å². The monoisotopic (exact) mass is 684 g/mol. The molecule has 9 nitrogen and oxygen atoms in total. The number of aromatic nitrogens is 3. The minimum atomic E-state index is -0.486. The fraction of sp³-hybridized carbons (Fsp3) is 0.529. The van der Waals surface area contributed by atoms with Crippen LogP contribution < -0.4 is 4.74 Å². The van der Waals surface area contributed by atoms with E-state index in [1.807, 2.05) is 33.8 Å². The largest absolute Gasteiger partial charge is 0.487 e. The van der Waals surface area contributed by atoms with E-state index in [1.165, 1.54) is 12.8 Å². The predicted octanol–water partition coefficient (Wildman–Crippen LogP) is 6.56. The van der Waals surface area contributed by atoms with Crippen molar-refractivity contribution in [3.63, 3.8) is 0 Å². The maximum Gasteiger partial charge on any atom is 0.228 e. The van der Waals surface area contributed by atoms with Crippen molar-refractivity contribution in [2.45, 2.75) is 88.7 Å². The minimum absolute atomic E-state index is 0.00170. The van der Waals surface area contributed by atoms with E-state index in [0.717, 1.165) is 41.8 Å². The zero-order valence-electron chi connectivity index (χ0n) is 26.3. The van der Waals surface area contributed by atoms with Crippen molar-refractivity contribution in [2.75, 3.05) is 20.1 Å². The molecule has 7 rings (SSSR count). The zero-order valence-corrected chi connectivity index (χ0v) is 28.6. The summed E-state index contributed by atoms with van der Waals surface area (Å²) in [6.45, 7) is 6.03. The van der Waals surface area contributed by atoms with Gasteiger partial charge in [0.1, 0.15) is 11.4 Å². The van der Waals surface area contributed by atoms with E-state index < -0.39 is 5.92 Å². The number of carbonyl (C=O) groups excluding carboxylic acids is 2. The molecule has 46 heavy (non-hydrogen) atoms. The number of likely N-dealkylation sites (tertiary alicyclic amines) is 1. The summed E-state index contributed by atoms with van der Waals surface area (Å²) in [4.78, 5) is 32.8. The van der Waals surface area contributed by atoms with E-state index in [0.29, 0.717) is 34.7 Å². The second-order valence-electron chi connectivity index (χ2n) is 13.6. The number of piperazine rings is 1. The Morgan fingerprint density at radius 1 is 1.02 bits per heavy atom. The Morgan fingerprint density at radius 3 is 2.48 bits per heavy atom. The van der Waals surface area contributed by atoms with E-state index in [4.69, 9.17) is 39.5 Å². The number of benzene rings is 2. The van der Waals surface area contributed by atoms with Gasteiger partial charge in [-0.1, -0.05) is 46.1 Å². The third-order valence-electron chi connectivity index (χ3n) is 10.6. The van der Waals surface area contributed by atoms with Crippen molar-refractivity contribution in [1.82, 2.24) is 29.7 Å². The van der Waals surface area contributed by atoms with Crippen molar-refractivity contribution in [3.05, 3.63) is 74.5 Å². The second kappa shape index (κ2) is 12.3. The van der Waals surface area contributed by atoms with E-state index in [-0.39, 0.29) is 48.0 Å². The van der Waals surface area contributed by atoms with E-state index in [2.05, 4.69) is 35.3 Å². The molecule has 0 N–H and O–H groups in total. The third-order valence-corrected chi connectivity index (χ3v) is 11.5. The topological polar surface area (TPSA) is 83.8 Å². The maximum atomic E-state index is 14.0. The number of ether oxygens (including phenoxy) is 1. The van der Waals surface area contributed by atoms with Crippen LogP contribution in [0, 0.1) is 5.92 Å². The average Bonchev–Trinajstić information content (AvgIpc) is 3.75. The van der Waals surface area contributed by atoms with Gasteiger partial charge in [0.2, 0.25) is 11.8 Å². The Bertz CT molecular complexity index is 1650. The summed E-state index contributed by atoms with van der Waals surface area (Å²) in [7, 11) is 1.75. The van der Waals surface area contributed by atoms with Crippen LogP contribution in [0.25, 0.3) is 0 Å². The Labute approximate surface area is 284 Å². The van der Waals surface area contributed by atoms with Crippen molar-refractivity contribution in [1.29, 1.82) is 0 Å². The smallest absolute Gasteiger partial charge is 0.228 e. The van der Waals surface area contributed by atoms with Crippen LogP contribution in [0.2, 0.25) is 15.1 Å². The molecule has 1 aliphatic carbocycles. The minimum Gasteiger partial charge on any atom is -0.487 e. The number of hydrogen-bond acceptors (Lipinski definition) is 6. The summed E-state index contributed by atoms with van der Waals surface area (Å²) < 4.78 is 8.56. The van der Waals surface area contributed by atoms with E-state index >= 15 is 0 Å². The third kappa shape index (κ3) is 5.78. The molecule has 1 saturated carbocycles. The lowest BCUT2D eigenvalue weighted by molar-refractivity contribution is -0.141. The summed E-state index contributed by atoms with van der Waals surface area (Å²) in [6.07, 6.45) is 7.52. The van der Waals surface area contributed by atoms with Gasteiger partial charge in [-0.15, -0.1) is 5.10 Å². The van der Waals surface area contributed by atoms with Crippen LogP contribution in [0.3, 0.4) is 0 Å². The maximum absolute atomic E-state index is 14.0. The molecule has 5 atom stereocenters. The fourth-order valence-electron chi connectivity index (χ4n) is 8.22. The van der Waals surface area contributed by atoms with Crippen LogP contribution in [0.15, 0.2) is 42.6 Å². The Kier molecular flexibility index (Phi) is 8.49. The van der Waals surface area contributed by atoms with Crippen molar-refractivity contribution >= 4 is 46.6 Å². The van der Waals surface area contributed by atoms with E-state index in [1.54, 1.807) is 24.1 Å². The molecule has 0 radical (unpaired) electrons. The Balaban J connectivity index is 1.06. The molecule has 1 aromatic heterocycles. The molecule has 2 saturated heterocycles. The van der Waals surface area contributed by atoms with Crippen LogP contribution in [0.4, 0.5) is 0 Å². The lowest BCUT2D eigenvalue weighted by atomic mass is 9.86. The first-order valence-electron chi connectivity index (χ1n) is 16.2. The summed E-state index contributed by atoms with van der Waals surface area (Å²) in [5, 5.41) is 10.8. The van der Waals surface area contributed by atoms with Gasteiger partial charge in [-0.05, 0) is 75.4 Å². The molecule has 3 aromatic rings. The summed E-state index contributed by atoms with van der Waals surface area (Å²) in [5.41, 5.74) is 2.58. The van der Waals surface area contributed by atoms with Gasteiger partial charge in [0.15, 0.2) is 0 Å². The van der Waals surface area contributed by atoms with Crippen molar-refractivity contribution < 1.29 is 14.3 Å². The highest BCUT2D eigenvalue weighted by Gasteiger charge is 2.47. The lowest BCUT2D eigenvalue weighted by Crippen LogP contribution is -2.58. The average molecular weight is 686 g/mol. The Hall–Kier alpha value is -2.85. The Morgan fingerprint density at radius 2 is 1.76 bits per heavy atom. The second-order valence-corrected chi connectivity index (χ2v) is 14.9. The number of nitrogens with zero attached hydrogens (tertiary/aromatic N) is 6. The molecule has 12 heteroatoms. The van der Waals surface area contributed by atoms with Crippen LogP contribution in [-0.2, 0) is 16.1 Å². The zero-order chi connectivity index (χ0) is 32.3. The number of fused-ring (bicyclic) bond motifs is 1. The van der Waals surface area contributed by atoms with Crippen molar-refractivity contribution in [2.24, 2.45) is 5.92 Å². The fourth-order valence-corrected chi connectivity index (χ4v) is 8.71.